The molecule has 0 aliphatic heterocycles. The van der Waals surface area contributed by atoms with Gasteiger partial charge in [-0.25, -0.2) is 13.2 Å². The van der Waals surface area contributed by atoms with Gasteiger partial charge in [0.05, 0.1) is 21.8 Å². The number of rotatable bonds is 8. The molecule has 0 spiro atoms. The number of carbonyl (C=O) groups excluding carboxylic acids is 1. The molecule has 1 amide bonds. The Balaban J connectivity index is 1.95. The average molecular weight is 471 g/mol. The number of benzene rings is 3. The maximum absolute atomic E-state index is 13.4. The molecule has 0 radical (unpaired) electrons. The van der Waals surface area contributed by atoms with Crippen molar-refractivity contribution in [1.82, 2.24) is 0 Å². The van der Waals surface area contributed by atoms with Gasteiger partial charge in [0, 0.05) is 4.90 Å². The number of hydrogen-bond donors (Lipinski definition) is 2. The minimum absolute atomic E-state index is 0.0506. The minimum atomic E-state index is -4.06. The Morgan fingerprint density at radius 2 is 1.59 bits per heavy atom. The maximum atomic E-state index is 13.4. The van der Waals surface area contributed by atoms with Crippen LogP contribution < -0.4 is 9.62 Å². The first-order valence-electron chi connectivity index (χ1n) is 9.58. The number of carboxylic acid groups (broad SMARTS) is 1. The Morgan fingerprint density at radius 3 is 2.19 bits per heavy atom. The number of nitrogens with one attached hydrogen (secondary N) is 1. The molecule has 3 rings (SSSR count). The highest BCUT2D eigenvalue weighted by Crippen LogP contribution is 2.26. The van der Waals surface area contributed by atoms with Crippen molar-refractivity contribution >= 4 is 45.0 Å². The molecule has 0 saturated carbocycles. The first-order chi connectivity index (χ1) is 15.2. The van der Waals surface area contributed by atoms with Crippen molar-refractivity contribution < 1.29 is 23.1 Å². The van der Waals surface area contributed by atoms with E-state index in [0.29, 0.717) is 5.69 Å². The van der Waals surface area contributed by atoms with Crippen molar-refractivity contribution in [2.45, 2.75) is 16.7 Å². The number of thioether (sulfide) groups is 1. The van der Waals surface area contributed by atoms with E-state index in [1.54, 1.807) is 48.5 Å². The van der Waals surface area contributed by atoms with Crippen molar-refractivity contribution in [2.75, 3.05) is 22.4 Å². The lowest BCUT2D eigenvalue weighted by molar-refractivity contribution is -0.114. The Labute approximate surface area is 191 Å². The third-order valence-electron chi connectivity index (χ3n) is 4.69. The molecule has 3 aromatic carbocycles. The molecule has 0 heterocycles. The van der Waals surface area contributed by atoms with Crippen LogP contribution in [0.25, 0.3) is 0 Å². The first-order valence-corrected chi connectivity index (χ1v) is 12.2. The molecule has 0 atom stereocenters. The molecule has 0 aromatic heterocycles. The summed E-state index contributed by atoms with van der Waals surface area (Å²) < 4.78 is 27.9. The zero-order valence-electron chi connectivity index (χ0n) is 17.5. The van der Waals surface area contributed by atoms with E-state index < -0.39 is 28.4 Å². The second-order valence-corrected chi connectivity index (χ2v) is 9.66. The number of sulfonamides is 1. The number of carbonyl (C=O) groups is 2. The lowest BCUT2D eigenvalue weighted by atomic mass is 10.2. The first kappa shape index (κ1) is 23.4. The molecule has 9 heteroatoms. The number of amides is 1. The van der Waals surface area contributed by atoms with E-state index in [-0.39, 0.29) is 16.1 Å². The van der Waals surface area contributed by atoms with Gasteiger partial charge in [0.1, 0.15) is 6.54 Å². The molecule has 0 aliphatic rings. The SMILES string of the molecule is CSc1ccc(S(=O)(=O)N(CC(=O)Nc2ccccc2C(=O)O)c2ccc(C)cc2)cc1. The Morgan fingerprint density at radius 1 is 0.969 bits per heavy atom. The van der Waals surface area contributed by atoms with Crippen molar-refractivity contribution in [2.24, 2.45) is 0 Å². The second-order valence-electron chi connectivity index (χ2n) is 6.92. The average Bonchev–Trinajstić information content (AvgIpc) is 2.78. The predicted molar refractivity (Wildman–Crippen MR) is 126 cm³/mol. The standard InChI is InChI=1S/C23H22N2O5S2/c1-16-7-9-17(10-8-16)25(32(29,30)19-13-11-18(31-2)12-14-19)15-22(26)24-21-6-4-3-5-20(21)23(27)28/h3-14H,15H2,1-2H3,(H,24,26)(H,27,28). The molecule has 0 aliphatic carbocycles. The molecule has 3 aromatic rings. The fourth-order valence-electron chi connectivity index (χ4n) is 3.00. The highest BCUT2D eigenvalue weighted by molar-refractivity contribution is 7.98. The van der Waals surface area contributed by atoms with Crippen LogP contribution >= 0.6 is 11.8 Å². The third-order valence-corrected chi connectivity index (χ3v) is 7.22. The lowest BCUT2D eigenvalue weighted by Gasteiger charge is -2.24. The topological polar surface area (TPSA) is 104 Å². The van der Waals surface area contributed by atoms with Gasteiger partial charge >= 0.3 is 5.97 Å². The maximum Gasteiger partial charge on any atom is 0.337 e. The van der Waals surface area contributed by atoms with Gasteiger partial charge in [-0.15, -0.1) is 11.8 Å². The number of para-hydroxylation sites is 1. The van der Waals surface area contributed by atoms with Crippen molar-refractivity contribution in [3.05, 3.63) is 83.9 Å². The van der Waals surface area contributed by atoms with Gasteiger partial charge in [-0.2, -0.15) is 0 Å². The van der Waals surface area contributed by atoms with Crippen LogP contribution in [0.5, 0.6) is 0 Å². The van der Waals surface area contributed by atoms with Crippen LogP contribution in [0.15, 0.2) is 82.6 Å². The van der Waals surface area contributed by atoms with Crippen LogP contribution in [0.3, 0.4) is 0 Å². The number of carboxylic acids is 1. The number of aryl methyl sites for hydroxylation is 1. The predicted octanol–water partition coefficient (Wildman–Crippen LogP) is 4.25. The van der Waals surface area contributed by atoms with Crippen molar-refractivity contribution in [3.63, 3.8) is 0 Å². The van der Waals surface area contributed by atoms with Crippen LogP contribution in [0.1, 0.15) is 15.9 Å². The van der Waals surface area contributed by atoms with Crippen LogP contribution in [-0.4, -0.2) is 38.2 Å². The molecule has 0 bridgehead atoms. The summed E-state index contributed by atoms with van der Waals surface area (Å²) in [6.45, 7) is 1.35. The minimum Gasteiger partial charge on any atom is -0.478 e. The zero-order valence-corrected chi connectivity index (χ0v) is 19.1. The number of aromatic carboxylic acids is 1. The van der Waals surface area contributed by atoms with Gasteiger partial charge in [-0.1, -0.05) is 29.8 Å². The summed E-state index contributed by atoms with van der Waals surface area (Å²) in [6.07, 6.45) is 1.89. The van der Waals surface area contributed by atoms with E-state index in [4.69, 9.17) is 0 Å². The van der Waals surface area contributed by atoms with E-state index in [1.807, 2.05) is 13.2 Å². The van der Waals surface area contributed by atoms with E-state index in [1.165, 1.54) is 36.0 Å². The highest BCUT2D eigenvalue weighted by atomic mass is 32.2. The summed E-state index contributed by atoms with van der Waals surface area (Å²) in [5, 5.41) is 11.8. The number of nitrogens with zero attached hydrogens (tertiary/aromatic N) is 1. The summed E-state index contributed by atoms with van der Waals surface area (Å²) in [5.74, 6) is -1.86. The van der Waals surface area contributed by atoms with Gasteiger partial charge in [0.15, 0.2) is 0 Å². The van der Waals surface area contributed by atoms with Crippen LogP contribution in [0.2, 0.25) is 0 Å². The van der Waals surface area contributed by atoms with E-state index in [9.17, 15) is 23.1 Å². The van der Waals surface area contributed by atoms with Gasteiger partial charge < -0.3 is 10.4 Å². The van der Waals surface area contributed by atoms with Crippen molar-refractivity contribution in [3.8, 4) is 0 Å². The summed E-state index contributed by atoms with van der Waals surface area (Å²) >= 11 is 1.49. The van der Waals surface area contributed by atoms with E-state index in [2.05, 4.69) is 5.32 Å². The fraction of sp³-hybridized carbons (Fsp3) is 0.130. The molecule has 0 unspecified atom stereocenters. The lowest BCUT2D eigenvalue weighted by Crippen LogP contribution is -2.38. The van der Waals surface area contributed by atoms with Crippen LogP contribution in [0, 0.1) is 6.92 Å². The molecular formula is C23H22N2O5S2. The molecule has 0 saturated heterocycles. The van der Waals surface area contributed by atoms with E-state index >= 15 is 0 Å². The smallest absolute Gasteiger partial charge is 0.337 e. The summed E-state index contributed by atoms with van der Waals surface area (Å²) in [4.78, 5) is 25.2. The van der Waals surface area contributed by atoms with Gasteiger partial charge in [-0.05, 0) is 61.7 Å². The summed E-state index contributed by atoms with van der Waals surface area (Å²) in [7, 11) is -4.06. The molecule has 32 heavy (non-hydrogen) atoms. The van der Waals surface area contributed by atoms with Crippen LogP contribution in [-0.2, 0) is 14.8 Å². The molecule has 7 nitrogen and oxygen atoms in total. The second kappa shape index (κ2) is 9.88. The largest absolute Gasteiger partial charge is 0.478 e. The molecule has 2 N–H and O–H groups in total. The summed E-state index contributed by atoms with van der Waals surface area (Å²) in [6, 6.07) is 19.1. The highest BCUT2D eigenvalue weighted by Gasteiger charge is 2.27. The summed E-state index contributed by atoms with van der Waals surface area (Å²) in [5.41, 5.74) is 1.27. The fourth-order valence-corrected chi connectivity index (χ4v) is 4.83. The zero-order chi connectivity index (χ0) is 23.3. The normalized spacial score (nSPS) is 11.1. The van der Waals surface area contributed by atoms with Gasteiger partial charge in [0.2, 0.25) is 5.91 Å². The van der Waals surface area contributed by atoms with Gasteiger partial charge in [0.25, 0.3) is 10.0 Å². The Bertz CT molecular complexity index is 1220. The molecule has 166 valence electrons. The third kappa shape index (κ3) is 5.30. The monoisotopic (exact) mass is 470 g/mol. The number of hydrogen-bond acceptors (Lipinski definition) is 5. The van der Waals surface area contributed by atoms with E-state index in [0.717, 1.165) is 14.8 Å². The Hall–Kier alpha value is -3.30. The Kier molecular flexibility index (Phi) is 7.22. The van der Waals surface area contributed by atoms with Gasteiger partial charge in [-0.3, -0.25) is 9.10 Å². The van der Waals surface area contributed by atoms with Crippen LogP contribution in [0.4, 0.5) is 11.4 Å². The number of anilines is 2. The molecule has 0 fully saturated rings. The molecular weight excluding hydrogens is 448 g/mol. The quantitative estimate of drug-likeness (QED) is 0.477. The van der Waals surface area contributed by atoms with Crippen molar-refractivity contribution in [1.29, 1.82) is 0 Å².